The Morgan fingerprint density at radius 3 is 2.78 bits per heavy atom. The molecule has 2 aromatic heterocycles. The van der Waals surface area contributed by atoms with E-state index in [1.165, 1.54) is 6.07 Å². The standard InChI is InChI=1S/C28H27FN4O4/c1-3-12-14-7-22-25-16(9-33(22)27(35)17(14)10-37-28(12)36)24-20(32-26(34)15-6-19(15)30)5-4-13-11(2)18(29)8-21(31-25)23(13)24/h7-8,12,15,19-20H,3-6,9-10,30H2,1-2H3,(H,32,34). The summed E-state index contributed by atoms with van der Waals surface area (Å²) >= 11 is 0. The number of cyclic esters (lactones) is 1. The highest BCUT2D eigenvalue weighted by molar-refractivity contribution is 5.94. The van der Waals surface area contributed by atoms with Crippen molar-refractivity contribution in [1.82, 2.24) is 14.9 Å². The lowest BCUT2D eigenvalue weighted by atomic mass is 9.81. The Morgan fingerprint density at radius 1 is 1.27 bits per heavy atom. The lowest BCUT2D eigenvalue weighted by Gasteiger charge is -2.30. The van der Waals surface area contributed by atoms with Crippen molar-refractivity contribution in [1.29, 1.82) is 0 Å². The number of nitrogens with two attached hydrogens (primary N) is 1. The van der Waals surface area contributed by atoms with Gasteiger partial charge in [0.15, 0.2) is 0 Å². The predicted octanol–water partition coefficient (Wildman–Crippen LogP) is 2.87. The number of rotatable bonds is 3. The lowest BCUT2D eigenvalue weighted by Crippen LogP contribution is -2.34. The third-order valence-electron chi connectivity index (χ3n) is 8.69. The zero-order valence-corrected chi connectivity index (χ0v) is 20.7. The van der Waals surface area contributed by atoms with Gasteiger partial charge in [-0.1, -0.05) is 6.92 Å². The second-order valence-electron chi connectivity index (χ2n) is 10.7. The topological polar surface area (TPSA) is 116 Å². The van der Waals surface area contributed by atoms with E-state index in [0.29, 0.717) is 65.8 Å². The minimum atomic E-state index is -0.508. The fourth-order valence-corrected chi connectivity index (χ4v) is 6.52. The van der Waals surface area contributed by atoms with Crippen LogP contribution < -0.4 is 16.6 Å². The molecule has 0 bridgehead atoms. The van der Waals surface area contributed by atoms with E-state index >= 15 is 0 Å². The monoisotopic (exact) mass is 502 g/mol. The number of hydrogen-bond donors (Lipinski definition) is 2. The van der Waals surface area contributed by atoms with Crippen LogP contribution in [-0.4, -0.2) is 27.5 Å². The van der Waals surface area contributed by atoms with Gasteiger partial charge in [0.1, 0.15) is 12.4 Å². The summed E-state index contributed by atoms with van der Waals surface area (Å²) < 4.78 is 21.9. The molecule has 1 aromatic carbocycles. The first kappa shape index (κ1) is 22.6. The second kappa shape index (κ2) is 7.71. The van der Waals surface area contributed by atoms with Crippen LogP contribution in [0, 0.1) is 18.7 Å². The number of ether oxygens (including phenoxy) is 1. The highest BCUT2D eigenvalue weighted by Crippen LogP contribution is 2.46. The molecule has 9 heteroatoms. The van der Waals surface area contributed by atoms with E-state index in [2.05, 4.69) is 5.32 Å². The molecule has 0 saturated heterocycles. The molecule has 37 heavy (non-hydrogen) atoms. The minimum Gasteiger partial charge on any atom is -0.460 e. The summed E-state index contributed by atoms with van der Waals surface area (Å²) in [5.74, 6) is -1.41. The Labute approximate surface area is 212 Å². The van der Waals surface area contributed by atoms with Crippen molar-refractivity contribution in [2.75, 3.05) is 0 Å². The molecule has 2 aliphatic heterocycles. The third-order valence-corrected chi connectivity index (χ3v) is 8.69. The number of pyridine rings is 2. The van der Waals surface area contributed by atoms with Gasteiger partial charge in [0, 0.05) is 23.1 Å². The van der Waals surface area contributed by atoms with Crippen molar-refractivity contribution in [2.45, 2.75) is 70.7 Å². The van der Waals surface area contributed by atoms with Gasteiger partial charge >= 0.3 is 5.97 Å². The molecule has 0 spiro atoms. The molecule has 4 atom stereocenters. The molecule has 0 radical (unpaired) electrons. The summed E-state index contributed by atoms with van der Waals surface area (Å²) in [5.41, 5.74) is 11.9. The van der Waals surface area contributed by atoms with Gasteiger partial charge in [-0.3, -0.25) is 14.4 Å². The minimum absolute atomic E-state index is 0.0444. The number of hydrogen-bond acceptors (Lipinski definition) is 6. The lowest BCUT2D eigenvalue weighted by molar-refractivity contribution is -0.148. The van der Waals surface area contributed by atoms with Gasteiger partial charge in [-0.25, -0.2) is 9.37 Å². The van der Waals surface area contributed by atoms with Gasteiger partial charge in [-0.2, -0.15) is 0 Å². The van der Waals surface area contributed by atoms with Crippen LogP contribution in [0.1, 0.15) is 71.5 Å². The van der Waals surface area contributed by atoms with Crippen molar-refractivity contribution in [3.63, 3.8) is 0 Å². The molecular formula is C28H27FN4O4. The van der Waals surface area contributed by atoms with Crippen molar-refractivity contribution in [3.8, 4) is 11.4 Å². The van der Waals surface area contributed by atoms with E-state index in [1.807, 2.05) is 13.0 Å². The van der Waals surface area contributed by atoms with E-state index in [-0.39, 0.29) is 47.9 Å². The van der Waals surface area contributed by atoms with Gasteiger partial charge in [-0.05, 0) is 60.9 Å². The largest absolute Gasteiger partial charge is 0.460 e. The third kappa shape index (κ3) is 3.09. The molecule has 1 amide bonds. The number of benzene rings is 1. The number of aromatic nitrogens is 2. The highest BCUT2D eigenvalue weighted by Gasteiger charge is 2.42. The van der Waals surface area contributed by atoms with Crippen LogP contribution in [0.5, 0.6) is 0 Å². The first-order valence-corrected chi connectivity index (χ1v) is 12.9. The molecule has 1 saturated carbocycles. The van der Waals surface area contributed by atoms with Crippen molar-refractivity contribution >= 4 is 22.8 Å². The number of carbonyl (C=O) groups excluding carboxylic acids is 2. The van der Waals surface area contributed by atoms with Gasteiger partial charge in [0.25, 0.3) is 5.56 Å². The molecular weight excluding hydrogens is 475 g/mol. The summed E-state index contributed by atoms with van der Waals surface area (Å²) in [6, 6.07) is 2.93. The smallest absolute Gasteiger partial charge is 0.313 e. The van der Waals surface area contributed by atoms with Crippen LogP contribution in [0.15, 0.2) is 16.9 Å². The molecule has 2 aliphatic carbocycles. The zero-order valence-electron chi connectivity index (χ0n) is 20.7. The summed E-state index contributed by atoms with van der Waals surface area (Å²) in [7, 11) is 0. The van der Waals surface area contributed by atoms with Crippen molar-refractivity contribution in [2.24, 2.45) is 11.7 Å². The summed E-state index contributed by atoms with van der Waals surface area (Å²) in [6.07, 6.45) is 2.44. The maximum atomic E-state index is 15.0. The van der Waals surface area contributed by atoms with Gasteiger partial charge in [0.2, 0.25) is 5.91 Å². The number of carbonyl (C=O) groups is 2. The van der Waals surface area contributed by atoms with Crippen LogP contribution >= 0.6 is 0 Å². The van der Waals surface area contributed by atoms with Crippen molar-refractivity contribution in [3.05, 3.63) is 61.7 Å². The predicted molar refractivity (Wildman–Crippen MR) is 133 cm³/mol. The average Bonchev–Trinajstić information content (AvgIpc) is 3.50. The quantitative estimate of drug-likeness (QED) is 0.416. The number of halogens is 1. The maximum Gasteiger partial charge on any atom is 0.313 e. The number of esters is 1. The summed E-state index contributed by atoms with van der Waals surface area (Å²) in [5, 5.41) is 4.07. The molecule has 1 fully saturated rings. The number of nitrogens with zero attached hydrogens (tertiary/aromatic N) is 2. The van der Waals surface area contributed by atoms with Gasteiger partial charge in [0.05, 0.1) is 46.9 Å². The molecule has 4 aliphatic rings. The molecule has 8 nitrogen and oxygen atoms in total. The average molecular weight is 503 g/mol. The van der Waals surface area contributed by atoms with Gasteiger partial charge in [-0.15, -0.1) is 0 Å². The molecule has 3 N–H and O–H groups in total. The molecule has 3 aromatic rings. The molecule has 7 rings (SSSR count). The van der Waals surface area contributed by atoms with Crippen LogP contribution in [0.4, 0.5) is 4.39 Å². The summed E-state index contributed by atoms with van der Waals surface area (Å²) in [4.78, 5) is 43.8. The van der Waals surface area contributed by atoms with Crippen LogP contribution in [0.2, 0.25) is 0 Å². The number of aryl methyl sites for hydroxylation is 1. The van der Waals surface area contributed by atoms with Crippen LogP contribution in [-0.2, 0) is 33.9 Å². The van der Waals surface area contributed by atoms with Crippen molar-refractivity contribution < 1.29 is 18.7 Å². The van der Waals surface area contributed by atoms with E-state index in [4.69, 9.17) is 15.5 Å². The fourth-order valence-electron chi connectivity index (χ4n) is 6.52. The van der Waals surface area contributed by atoms with Crippen LogP contribution in [0.3, 0.4) is 0 Å². The number of fused-ring (bicyclic) bond motifs is 5. The molecule has 4 heterocycles. The Morgan fingerprint density at radius 2 is 2.05 bits per heavy atom. The Hall–Kier alpha value is -3.59. The first-order chi connectivity index (χ1) is 17.8. The molecule has 190 valence electrons. The van der Waals surface area contributed by atoms with Crippen LogP contribution in [0.25, 0.3) is 22.3 Å². The van der Waals surface area contributed by atoms with E-state index in [1.54, 1.807) is 11.5 Å². The second-order valence-corrected chi connectivity index (χ2v) is 10.7. The Kier molecular flexibility index (Phi) is 4.71. The van der Waals surface area contributed by atoms with E-state index in [9.17, 15) is 18.8 Å². The number of amides is 1. The highest BCUT2D eigenvalue weighted by atomic mass is 19.1. The number of nitrogens with one attached hydrogen (secondary N) is 1. The Bertz CT molecular complexity index is 1630. The first-order valence-electron chi connectivity index (χ1n) is 12.9. The normalized spacial score (nSPS) is 24.8. The van der Waals surface area contributed by atoms with Gasteiger partial charge < -0.3 is 20.4 Å². The van der Waals surface area contributed by atoms with E-state index < -0.39 is 5.92 Å². The van der Waals surface area contributed by atoms with E-state index in [0.717, 1.165) is 22.1 Å². The summed E-state index contributed by atoms with van der Waals surface area (Å²) in [6.45, 7) is 3.92. The fraction of sp³-hybridized carbons (Fsp3) is 0.429. The Balaban J connectivity index is 1.46. The zero-order chi connectivity index (χ0) is 25.7. The molecule has 4 unspecified atom stereocenters. The SMILES string of the molecule is CCC1C(=O)OCc2c1cc1n(c2=O)Cc2c-1nc1cc(F)c(C)c3c1c2C(NC(=O)C1CC1N)CC3. The maximum absolute atomic E-state index is 15.0.